The van der Waals surface area contributed by atoms with Gasteiger partial charge in [-0.3, -0.25) is 4.79 Å². The van der Waals surface area contributed by atoms with Gasteiger partial charge in [0, 0.05) is 22.8 Å². The largest absolute Gasteiger partial charge is 0.345 e. The Morgan fingerprint density at radius 1 is 1.00 bits per heavy atom. The molecule has 4 rings (SSSR count). The van der Waals surface area contributed by atoms with Crippen LogP contribution in [-0.2, 0) is 15.6 Å². The summed E-state index contributed by atoms with van der Waals surface area (Å²) < 4.78 is 24.9. The first kappa shape index (κ1) is 23.1. The number of nitriles is 1. The number of aromatic nitrogens is 1. The highest BCUT2D eigenvalue weighted by atomic mass is 32.2. The van der Waals surface area contributed by atoms with E-state index >= 15 is 0 Å². The fraction of sp³-hybridized carbons (Fsp3) is 0.148. The number of carbonyl (C=O) groups excluding carboxylic acids is 1. The maximum Gasteiger partial charge on any atom is 0.252 e. The Balaban J connectivity index is 1.92. The van der Waals surface area contributed by atoms with Crippen molar-refractivity contribution in [1.29, 1.82) is 5.26 Å². The topological polar surface area (TPSA) is 99.9 Å². The van der Waals surface area contributed by atoms with Crippen molar-refractivity contribution in [2.45, 2.75) is 18.7 Å². The summed E-state index contributed by atoms with van der Waals surface area (Å²) in [5.74, 6) is -0.754. The van der Waals surface area contributed by atoms with E-state index in [-0.39, 0.29) is 11.3 Å². The molecular formula is C27H23N3O3S. The second-order valence-electron chi connectivity index (χ2n) is 8.16. The maximum atomic E-state index is 13.7. The first-order valence-corrected chi connectivity index (χ1v) is 12.8. The van der Waals surface area contributed by atoms with Crippen molar-refractivity contribution in [2.75, 3.05) is 6.26 Å². The minimum absolute atomic E-state index is 0.274. The van der Waals surface area contributed by atoms with Crippen LogP contribution >= 0.6 is 0 Å². The Hall–Kier alpha value is -4.02. The molecule has 6 nitrogen and oxygen atoms in total. The van der Waals surface area contributed by atoms with Gasteiger partial charge in [0.05, 0.1) is 40.2 Å². The van der Waals surface area contributed by atoms with E-state index in [2.05, 4.69) is 11.4 Å². The van der Waals surface area contributed by atoms with Crippen LogP contribution in [0, 0.1) is 11.3 Å². The first-order valence-electron chi connectivity index (χ1n) is 10.7. The molecule has 4 aromatic rings. The molecule has 1 amide bonds. The number of hydrogen-bond acceptors (Lipinski definition) is 5. The molecule has 0 aliphatic carbocycles. The number of nitrogens with zero attached hydrogens (tertiary/aromatic N) is 2. The molecular weight excluding hydrogens is 446 g/mol. The Bertz CT molecular complexity index is 1520. The predicted octanol–water partition coefficient (Wildman–Crippen LogP) is 4.81. The zero-order chi connectivity index (χ0) is 24.3. The number of pyridine rings is 1. The lowest BCUT2D eigenvalue weighted by Crippen LogP contribution is -2.29. The molecule has 0 bridgehead atoms. The van der Waals surface area contributed by atoms with Crippen LogP contribution in [0.4, 0.5) is 0 Å². The summed E-state index contributed by atoms with van der Waals surface area (Å²) in [4.78, 5) is 18.5. The Morgan fingerprint density at radius 3 is 2.35 bits per heavy atom. The fourth-order valence-corrected chi connectivity index (χ4v) is 4.88. The average molecular weight is 470 g/mol. The van der Waals surface area contributed by atoms with Gasteiger partial charge in [-0.2, -0.15) is 5.26 Å². The third kappa shape index (κ3) is 4.82. The van der Waals surface area contributed by atoms with Crippen LogP contribution in [0.25, 0.3) is 22.2 Å². The summed E-state index contributed by atoms with van der Waals surface area (Å²) in [5.41, 5.74) is 3.56. The Morgan fingerprint density at radius 2 is 1.65 bits per heavy atom. The molecule has 34 heavy (non-hydrogen) atoms. The van der Waals surface area contributed by atoms with Gasteiger partial charge in [0.15, 0.2) is 9.84 Å². The molecule has 7 heteroatoms. The second kappa shape index (κ2) is 9.46. The number of amides is 1. The lowest BCUT2D eigenvalue weighted by atomic mass is 9.96. The summed E-state index contributed by atoms with van der Waals surface area (Å²) in [5, 5.41) is 13.0. The smallest absolute Gasteiger partial charge is 0.252 e. The number of benzene rings is 3. The summed E-state index contributed by atoms with van der Waals surface area (Å²) in [6.07, 6.45) is 1.14. The maximum absolute atomic E-state index is 13.7. The molecule has 3 aromatic carbocycles. The van der Waals surface area contributed by atoms with E-state index in [1.807, 2.05) is 42.5 Å². The summed E-state index contributed by atoms with van der Waals surface area (Å²) >= 11 is 0. The zero-order valence-corrected chi connectivity index (χ0v) is 19.6. The normalized spacial score (nSPS) is 12.1. The van der Waals surface area contributed by atoms with E-state index in [1.54, 1.807) is 43.3 Å². The van der Waals surface area contributed by atoms with Crippen molar-refractivity contribution in [3.8, 4) is 17.3 Å². The average Bonchev–Trinajstić information content (AvgIpc) is 2.83. The van der Waals surface area contributed by atoms with Crippen molar-refractivity contribution in [3.05, 3.63) is 101 Å². The fourth-order valence-electron chi connectivity index (χ4n) is 4.07. The van der Waals surface area contributed by atoms with Crippen LogP contribution in [0.1, 0.15) is 40.0 Å². The number of sulfone groups is 1. The van der Waals surface area contributed by atoms with E-state index in [1.165, 1.54) is 0 Å². The molecule has 0 radical (unpaired) electrons. The van der Waals surface area contributed by atoms with Crippen LogP contribution in [0.2, 0.25) is 0 Å². The molecule has 0 unspecified atom stereocenters. The van der Waals surface area contributed by atoms with Gasteiger partial charge in [-0.1, -0.05) is 66.7 Å². The lowest BCUT2D eigenvalue weighted by molar-refractivity contribution is 0.0941. The van der Waals surface area contributed by atoms with Crippen LogP contribution in [0.15, 0.2) is 78.9 Å². The highest BCUT2D eigenvalue weighted by Crippen LogP contribution is 2.32. The molecule has 0 fully saturated rings. The minimum atomic E-state index is -3.49. The molecule has 1 heterocycles. The molecule has 0 saturated heterocycles. The number of fused-ring (bicyclic) bond motifs is 1. The molecule has 1 N–H and O–H groups in total. The van der Waals surface area contributed by atoms with Gasteiger partial charge >= 0.3 is 0 Å². The highest BCUT2D eigenvalue weighted by molar-refractivity contribution is 7.89. The molecule has 170 valence electrons. The highest BCUT2D eigenvalue weighted by Gasteiger charge is 2.25. The number of para-hydroxylation sites is 1. The lowest BCUT2D eigenvalue weighted by Gasteiger charge is -2.20. The van der Waals surface area contributed by atoms with Gasteiger partial charge in [-0.15, -0.1) is 0 Å². The molecule has 1 atom stereocenters. The summed E-state index contributed by atoms with van der Waals surface area (Å²) in [6, 6.07) is 25.2. The Labute approximate surface area is 198 Å². The third-order valence-electron chi connectivity index (χ3n) is 5.57. The zero-order valence-electron chi connectivity index (χ0n) is 18.8. The monoisotopic (exact) mass is 469 g/mol. The number of nitrogens with one attached hydrogen (secondary N) is 1. The van der Waals surface area contributed by atoms with E-state index in [0.717, 1.165) is 11.8 Å². The number of carbonyl (C=O) groups is 1. The van der Waals surface area contributed by atoms with Crippen molar-refractivity contribution >= 4 is 26.6 Å². The third-order valence-corrected chi connectivity index (χ3v) is 6.38. The van der Waals surface area contributed by atoms with E-state index < -0.39 is 21.8 Å². The van der Waals surface area contributed by atoms with Gasteiger partial charge in [0.2, 0.25) is 0 Å². The number of rotatable bonds is 6. The molecule has 0 aliphatic rings. The first-order chi connectivity index (χ1) is 16.3. The Kier molecular flexibility index (Phi) is 6.44. The molecule has 0 aliphatic heterocycles. The predicted molar refractivity (Wildman–Crippen MR) is 133 cm³/mol. The van der Waals surface area contributed by atoms with Gasteiger partial charge in [-0.25, -0.2) is 13.4 Å². The van der Waals surface area contributed by atoms with Gasteiger partial charge in [0.25, 0.3) is 5.91 Å². The van der Waals surface area contributed by atoms with Crippen molar-refractivity contribution in [3.63, 3.8) is 0 Å². The van der Waals surface area contributed by atoms with Crippen LogP contribution in [-0.4, -0.2) is 25.6 Å². The number of hydrogen-bond donors (Lipinski definition) is 1. The van der Waals surface area contributed by atoms with Crippen LogP contribution in [0.3, 0.4) is 0 Å². The summed E-state index contributed by atoms with van der Waals surface area (Å²) in [7, 11) is -3.49. The van der Waals surface area contributed by atoms with Crippen molar-refractivity contribution in [2.24, 2.45) is 0 Å². The van der Waals surface area contributed by atoms with E-state index in [9.17, 15) is 18.5 Å². The molecule has 0 spiro atoms. The molecule has 1 aromatic heterocycles. The van der Waals surface area contributed by atoms with Gasteiger partial charge in [0.1, 0.15) is 0 Å². The van der Waals surface area contributed by atoms with Gasteiger partial charge in [-0.05, 0) is 24.6 Å². The summed E-state index contributed by atoms with van der Waals surface area (Å²) in [6.45, 7) is 1.80. The van der Waals surface area contributed by atoms with E-state index in [0.29, 0.717) is 33.3 Å². The van der Waals surface area contributed by atoms with Gasteiger partial charge < -0.3 is 5.32 Å². The molecule has 0 saturated carbocycles. The van der Waals surface area contributed by atoms with E-state index in [4.69, 9.17) is 4.98 Å². The SMILES string of the molecule is C[C@H](NC(=O)c1c(CS(C)(=O)=O)c(-c2ccccc2)nc2ccccc12)c1ccccc1C#N. The standard InChI is InChI=1S/C27H23N3O3S/c1-18(21-13-7-6-12-20(21)16-28)29-27(31)25-22-14-8-9-15-24(22)30-26(19-10-4-3-5-11-19)23(25)17-34(2,32)33/h3-15,18H,17H2,1-2H3,(H,29,31)/t18-/m0/s1. The van der Waals surface area contributed by atoms with Crippen molar-refractivity contribution < 1.29 is 13.2 Å². The second-order valence-corrected chi connectivity index (χ2v) is 10.3. The minimum Gasteiger partial charge on any atom is -0.345 e. The van der Waals surface area contributed by atoms with Crippen LogP contribution < -0.4 is 5.32 Å². The quantitative estimate of drug-likeness (QED) is 0.437. The van der Waals surface area contributed by atoms with Crippen molar-refractivity contribution in [1.82, 2.24) is 10.3 Å². The van der Waals surface area contributed by atoms with Crippen LogP contribution in [0.5, 0.6) is 0 Å².